The number of ether oxygens (including phenoxy) is 1. The second-order valence-corrected chi connectivity index (χ2v) is 7.35. The van der Waals surface area contributed by atoms with Crippen molar-refractivity contribution < 1.29 is 14.1 Å². The van der Waals surface area contributed by atoms with Gasteiger partial charge in [-0.1, -0.05) is 49.3 Å². The van der Waals surface area contributed by atoms with Crippen molar-refractivity contribution >= 4 is 5.97 Å². The van der Waals surface area contributed by atoms with Crippen LogP contribution in [0.25, 0.3) is 0 Å². The first-order chi connectivity index (χ1) is 10.9. The van der Waals surface area contributed by atoms with Gasteiger partial charge in [-0.05, 0) is 25.3 Å². The summed E-state index contributed by atoms with van der Waals surface area (Å²) in [4.78, 5) is 16.9. The topological polar surface area (TPSA) is 65.2 Å². The number of nitrogens with zero attached hydrogens (tertiary/aromatic N) is 2. The summed E-state index contributed by atoms with van der Waals surface area (Å²) in [5, 5.41) is 4.10. The minimum Gasteiger partial charge on any atom is -0.448 e. The van der Waals surface area contributed by atoms with Crippen molar-refractivity contribution in [1.29, 1.82) is 0 Å². The van der Waals surface area contributed by atoms with Crippen molar-refractivity contribution in [3.8, 4) is 0 Å². The predicted octanol–water partition coefficient (Wildman–Crippen LogP) is 3.24. The Morgan fingerprint density at radius 3 is 2.48 bits per heavy atom. The van der Waals surface area contributed by atoms with Gasteiger partial charge in [0, 0.05) is 11.8 Å². The molecule has 2 atom stereocenters. The normalized spacial score (nSPS) is 31.3. The van der Waals surface area contributed by atoms with Crippen LogP contribution in [0.15, 0.2) is 34.9 Å². The van der Waals surface area contributed by atoms with E-state index in [2.05, 4.69) is 24.0 Å². The van der Waals surface area contributed by atoms with Crippen molar-refractivity contribution in [3.63, 3.8) is 0 Å². The zero-order chi connectivity index (χ0) is 16.3. The second-order valence-electron chi connectivity index (χ2n) is 7.35. The summed E-state index contributed by atoms with van der Waals surface area (Å²) in [7, 11) is 0. The average molecular weight is 312 g/mol. The summed E-state index contributed by atoms with van der Waals surface area (Å²) in [5.74, 6) is 0.896. The molecule has 5 heteroatoms. The lowest BCUT2D eigenvalue weighted by atomic mass is 9.66. The molecular formula is C18H20N2O3. The summed E-state index contributed by atoms with van der Waals surface area (Å²) in [6.07, 6.45) is 2.12. The monoisotopic (exact) mass is 312 g/mol. The first-order valence-electron chi connectivity index (χ1n) is 7.99. The minimum absolute atomic E-state index is 0.156. The Morgan fingerprint density at radius 2 is 1.87 bits per heavy atom. The molecule has 1 aliphatic carbocycles. The number of benzene rings is 1. The molecule has 0 amide bonds. The molecule has 4 rings (SSSR count). The first-order valence-corrected chi connectivity index (χ1v) is 7.99. The first kappa shape index (κ1) is 14.4. The van der Waals surface area contributed by atoms with E-state index in [9.17, 15) is 4.79 Å². The predicted molar refractivity (Wildman–Crippen MR) is 82.4 cm³/mol. The van der Waals surface area contributed by atoms with Gasteiger partial charge in [-0.25, -0.2) is 0 Å². The molecule has 2 heterocycles. The second kappa shape index (κ2) is 4.43. The third-order valence-electron chi connectivity index (χ3n) is 6.10. The Labute approximate surface area is 135 Å². The van der Waals surface area contributed by atoms with Crippen LogP contribution < -0.4 is 0 Å². The lowest BCUT2D eigenvalue weighted by Gasteiger charge is -2.33. The Bertz CT molecular complexity index is 768. The third-order valence-corrected chi connectivity index (χ3v) is 6.10. The van der Waals surface area contributed by atoms with E-state index in [1.165, 1.54) is 0 Å². The van der Waals surface area contributed by atoms with Gasteiger partial charge >= 0.3 is 5.97 Å². The van der Waals surface area contributed by atoms with E-state index < -0.39 is 11.0 Å². The van der Waals surface area contributed by atoms with Crippen LogP contribution in [0.1, 0.15) is 50.9 Å². The largest absolute Gasteiger partial charge is 0.448 e. The van der Waals surface area contributed by atoms with Crippen LogP contribution in [-0.2, 0) is 21.6 Å². The van der Waals surface area contributed by atoms with Gasteiger partial charge in [0.05, 0.1) is 5.41 Å². The zero-order valence-electron chi connectivity index (χ0n) is 13.6. The number of carbonyl (C=O) groups is 1. The van der Waals surface area contributed by atoms with Crippen LogP contribution in [0.3, 0.4) is 0 Å². The summed E-state index contributed by atoms with van der Waals surface area (Å²) in [6.45, 7) is 6.10. The van der Waals surface area contributed by atoms with E-state index in [-0.39, 0.29) is 11.4 Å². The van der Waals surface area contributed by atoms with Gasteiger partial charge in [0.25, 0.3) is 5.89 Å². The Balaban J connectivity index is 1.69. The number of hydrogen-bond donors (Lipinski definition) is 0. The van der Waals surface area contributed by atoms with Gasteiger partial charge in [-0.3, -0.25) is 4.79 Å². The fourth-order valence-corrected chi connectivity index (χ4v) is 3.99. The molecule has 0 unspecified atom stereocenters. The highest BCUT2D eigenvalue weighted by Crippen LogP contribution is 2.69. The van der Waals surface area contributed by atoms with Crippen LogP contribution in [0.5, 0.6) is 0 Å². The Hall–Kier alpha value is -2.17. The van der Waals surface area contributed by atoms with Gasteiger partial charge in [0.2, 0.25) is 0 Å². The molecular weight excluding hydrogens is 292 g/mol. The molecule has 5 nitrogen and oxygen atoms in total. The Kier molecular flexibility index (Phi) is 2.78. The molecule has 0 radical (unpaired) electrons. The SMILES string of the molecule is CC1(C)[C@@]2(C)CC[C@]1(c1nc(Cc3ccccc3)no1)OC2=O. The standard InChI is InChI=1S/C18H20N2O3/c1-16(2)17(3)9-10-18(16,22-15(17)21)14-19-13(20-23-14)11-12-7-5-4-6-8-12/h4-8H,9-11H2,1-3H3/t17-,18+/m0/s1. The molecule has 2 aliphatic rings. The van der Waals surface area contributed by atoms with Crippen molar-refractivity contribution in [2.45, 2.75) is 45.6 Å². The number of hydrogen-bond acceptors (Lipinski definition) is 5. The summed E-state index contributed by atoms with van der Waals surface area (Å²) in [5.41, 5.74) is -0.522. The number of carbonyl (C=O) groups excluding carboxylic acids is 1. The van der Waals surface area contributed by atoms with Gasteiger partial charge in [-0.2, -0.15) is 4.98 Å². The van der Waals surface area contributed by atoms with Crippen LogP contribution in [0, 0.1) is 10.8 Å². The van der Waals surface area contributed by atoms with Gasteiger partial charge in [-0.15, -0.1) is 0 Å². The van der Waals surface area contributed by atoms with Gasteiger partial charge < -0.3 is 9.26 Å². The molecule has 2 fully saturated rings. The minimum atomic E-state index is -0.791. The maximum absolute atomic E-state index is 12.3. The van der Waals surface area contributed by atoms with Crippen molar-refractivity contribution in [1.82, 2.24) is 10.1 Å². The number of esters is 1. The summed E-state index contributed by atoms with van der Waals surface area (Å²) in [6, 6.07) is 10.0. The quantitative estimate of drug-likeness (QED) is 0.814. The number of fused-ring (bicyclic) bond motifs is 2. The lowest BCUT2D eigenvalue weighted by Crippen LogP contribution is -2.39. The molecule has 23 heavy (non-hydrogen) atoms. The molecule has 1 aromatic carbocycles. The van der Waals surface area contributed by atoms with Crippen molar-refractivity contribution in [2.75, 3.05) is 0 Å². The van der Waals surface area contributed by atoms with E-state index in [0.29, 0.717) is 18.1 Å². The fourth-order valence-electron chi connectivity index (χ4n) is 3.99. The molecule has 120 valence electrons. The maximum atomic E-state index is 12.3. The highest BCUT2D eigenvalue weighted by molar-refractivity contribution is 5.82. The molecule has 2 bridgehead atoms. The maximum Gasteiger partial charge on any atom is 0.313 e. The fraction of sp³-hybridized carbons (Fsp3) is 0.500. The smallest absolute Gasteiger partial charge is 0.313 e. The summed E-state index contributed by atoms with van der Waals surface area (Å²) < 4.78 is 11.3. The highest BCUT2D eigenvalue weighted by Gasteiger charge is 2.75. The van der Waals surface area contributed by atoms with Crippen molar-refractivity contribution in [2.24, 2.45) is 10.8 Å². The van der Waals surface area contributed by atoms with Crippen LogP contribution in [-0.4, -0.2) is 16.1 Å². The molecule has 1 aromatic heterocycles. The number of aromatic nitrogens is 2. The van der Waals surface area contributed by atoms with Crippen LogP contribution in [0.4, 0.5) is 0 Å². The molecule has 1 aliphatic heterocycles. The van der Waals surface area contributed by atoms with E-state index in [0.717, 1.165) is 18.4 Å². The van der Waals surface area contributed by atoms with E-state index >= 15 is 0 Å². The molecule has 1 saturated heterocycles. The van der Waals surface area contributed by atoms with Crippen LogP contribution in [0.2, 0.25) is 0 Å². The third kappa shape index (κ3) is 1.70. The highest BCUT2D eigenvalue weighted by atomic mass is 16.6. The van der Waals surface area contributed by atoms with E-state index in [1.54, 1.807) is 0 Å². The molecule has 0 N–H and O–H groups in total. The van der Waals surface area contributed by atoms with Gasteiger partial charge in [0.15, 0.2) is 11.4 Å². The van der Waals surface area contributed by atoms with E-state index in [4.69, 9.17) is 9.26 Å². The zero-order valence-corrected chi connectivity index (χ0v) is 13.6. The van der Waals surface area contributed by atoms with Crippen molar-refractivity contribution in [3.05, 3.63) is 47.6 Å². The molecule has 0 spiro atoms. The molecule has 2 aromatic rings. The molecule has 1 saturated carbocycles. The summed E-state index contributed by atoms with van der Waals surface area (Å²) >= 11 is 0. The number of rotatable bonds is 3. The van der Waals surface area contributed by atoms with Gasteiger partial charge in [0.1, 0.15) is 0 Å². The Morgan fingerprint density at radius 1 is 1.13 bits per heavy atom. The van der Waals surface area contributed by atoms with Crippen LogP contribution >= 0.6 is 0 Å². The van der Waals surface area contributed by atoms with E-state index in [1.807, 2.05) is 37.3 Å². The lowest BCUT2D eigenvalue weighted by molar-refractivity contribution is -0.163. The average Bonchev–Trinajstić information content (AvgIpc) is 3.10.